The van der Waals surface area contributed by atoms with Crippen molar-refractivity contribution < 1.29 is 42.1 Å². The van der Waals surface area contributed by atoms with Crippen LogP contribution in [0.4, 0.5) is 0 Å². The lowest BCUT2D eigenvalue weighted by molar-refractivity contribution is -0.870. The molecule has 0 aromatic carbocycles. The van der Waals surface area contributed by atoms with E-state index in [1.807, 2.05) is 57.6 Å². The molecular weight excluding hydrogens is 593 g/mol. The lowest BCUT2D eigenvalue weighted by atomic mass is 10.1. The van der Waals surface area contributed by atoms with Gasteiger partial charge in [0.25, 0.3) is 0 Å². The first kappa shape index (κ1) is 43.0. The van der Waals surface area contributed by atoms with E-state index in [0.717, 1.165) is 44.9 Å². The zero-order chi connectivity index (χ0) is 33.7. The zero-order valence-electron chi connectivity index (χ0n) is 28.8. The summed E-state index contributed by atoms with van der Waals surface area (Å²) < 4.78 is 33.9. The average Bonchev–Trinajstić information content (AvgIpc) is 2.97. The number of phosphoric ester groups is 1. The third kappa shape index (κ3) is 31.7. The number of rotatable bonds is 29. The van der Waals surface area contributed by atoms with Crippen LogP contribution in [0.5, 0.6) is 0 Å². The van der Waals surface area contributed by atoms with E-state index in [0.29, 0.717) is 17.4 Å². The number of carbonyl (C=O) groups excluding carboxylic acids is 2. The number of nitrogens with zero attached hydrogens (tertiary/aromatic N) is 1. The first-order valence-corrected chi connectivity index (χ1v) is 18.4. The van der Waals surface area contributed by atoms with Gasteiger partial charge >= 0.3 is 19.8 Å². The predicted molar refractivity (Wildman–Crippen MR) is 183 cm³/mol. The second-order valence-corrected chi connectivity index (χ2v) is 13.7. The van der Waals surface area contributed by atoms with E-state index >= 15 is 0 Å². The number of carbonyl (C=O) groups is 2. The van der Waals surface area contributed by atoms with E-state index in [4.69, 9.17) is 18.5 Å². The van der Waals surface area contributed by atoms with Crippen LogP contribution in [-0.2, 0) is 32.7 Å². The molecule has 10 heteroatoms. The summed E-state index contributed by atoms with van der Waals surface area (Å²) >= 11 is 0. The van der Waals surface area contributed by atoms with Gasteiger partial charge in [-0.15, -0.1) is 0 Å². The van der Waals surface area contributed by atoms with Crippen molar-refractivity contribution in [3.63, 3.8) is 0 Å². The van der Waals surface area contributed by atoms with Crippen molar-refractivity contribution in [2.75, 3.05) is 47.5 Å². The van der Waals surface area contributed by atoms with Crippen molar-refractivity contribution in [3.05, 3.63) is 48.6 Å². The Hall–Kier alpha value is -2.03. The van der Waals surface area contributed by atoms with E-state index in [9.17, 15) is 19.0 Å². The van der Waals surface area contributed by atoms with E-state index < -0.39 is 26.5 Å². The summed E-state index contributed by atoms with van der Waals surface area (Å²) in [5.74, 6) is -0.857. The molecular formula is C35H63NO8P+. The molecule has 0 fully saturated rings. The van der Waals surface area contributed by atoms with Crippen molar-refractivity contribution >= 4 is 19.8 Å². The predicted octanol–water partition coefficient (Wildman–Crippen LogP) is 8.40. The molecule has 0 heterocycles. The smallest absolute Gasteiger partial charge is 0.462 e. The van der Waals surface area contributed by atoms with Gasteiger partial charge in [-0.25, -0.2) is 4.57 Å². The minimum absolute atomic E-state index is 0.0223. The molecule has 0 aromatic heterocycles. The normalized spacial score (nSPS) is 14.5. The number of phosphoric acid groups is 1. The summed E-state index contributed by atoms with van der Waals surface area (Å²) in [7, 11) is 1.44. The highest BCUT2D eigenvalue weighted by molar-refractivity contribution is 7.47. The van der Waals surface area contributed by atoms with Crippen LogP contribution in [0.3, 0.4) is 0 Å². The van der Waals surface area contributed by atoms with Crippen molar-refractivity contribution in [3.8, 4) is 0 Å². The molecule has 0 saturated carbocycles. The van der Waals surface area contributed by atoms with Gasteiger partial charge < -0.3 is 18.9 Å². The maximum atomic E-state index is 12.5. The van der Waals surface area contributed by atoms with Crippen LogP contribution >= 0.6 is 7.82 Å². The number of unbranched alkanes of at least 4 members (excludes halogenated alkanes) is 10. The molecule has 0 rings (SSSR count). The first-order valence-electron chi connectivity index (χ1n) is 16.9. The van der Waals surface area contributed by atoms with Gasteiger partial charge in [-0.3, -0.25) is 18.6 Å². The minimum atomic E-state index is -4.37. The number of hydrogen-bond acceptors (Lipinski definition) is 7. The average molecular weight is 657 g/mol. The maximum Gasteiger partial charge on any atom is 0.472 e. The summed E-state index contributed by atoms with van der Waals surface area (Å²) in [6.07, 6.45) is 28.9. The van der Waals surface area contributed by atoms with Crippen LogP contribution < -0.4 is 0 Å². The molecule has 0 radical (unpaired) electrons. The van der Waals surface area contributed by atoms with Crippen molar-refractivity contribution in [2.24, 2.45) is 0 Å². The van der Waals surface area contributed by atoms with Gasteiger partial charge in [0, 0.05) is 12.8 Å². The number of allylic oxidation sites excluding steroid dienone is 8. The highest BCUT2D eigenvalue weighted by Gasteiger charge is 2.27. The van der Waals surface area contributed by atoms with Crippen LogP contribution in [-0.4, -0.2) is 74.9 Å². The molecule has 0 aliphatic heterocycles. The molecule has 0 saturated heterocycles. The Balaban J connectivity index is 4.60. The van der Waals surface area contributed by atoms with E-state index in [-0.39, 0.29) is 32.0 Å². The summed E-state index contributed by atoms with van der Waals surface area (Å²) in [4.78, 5) is 34.9. The topological polar surface area (TPSA) is 108 Å². The zero-order valence-corrected chi connectivity index (χ0v) is 29.7. The molecule has 2 unspecified atom stereocenters. The van der Waals surface area contributed by atoms with E-state index in [1.165, 1.54) is 32.1 Å². The molecule has 2 atom stereocenters. The number of likely N-dealkylation sites (N-methyl/N-ethyl adjacent to an activating group) is 1. The Labute approximate surface area is 273 Å². The van der Waals surface area contributed by atoms with Crippen LogP contribution in [0.25, 0.3) is 0 Å². The number of ether oxygens (including phenoxy) is 2. The van der Waals surface area contributed by atoms with Crippen LogP contribution in [0.1, 0.15) is 110 Å². The minimum Gasteiger partial charge on any atom is -0.462 e. The maximum absolute atomic E-state index is 12.5. The van der Waals surface area contributed by atoms with E-state index in [2.05, 4.69) is 26.0 Å². The highest BCUT2D eigenvalue weighted by atomic mass is 31.2. The Morgan fingerprint density at radius 3 is 1.89 bits per heavy atom. The Bertz CT molecular complexity index is 923. The summed E-state index contributed by atoms with van der Waals surface area (Å²) in [5, 5.41) is 0. The Morgan fingerprint density at radius 1 is 0.711 bits per heavy atom. The van der Waals surface area contributed by atoms with Crippen LogP contribution in [0, 0.1) is 0 Å². The molecule has 0 aliphatic rings. The molecule has 0 spiro atoms. The Kier molecular flexibility index (Phi) is 26.9. The first-order chi connectivity index (χ1) is 21.5. The van der Waals surface area contributed by atoms with E-state index in [1.54, 1.807) is 0 Å². The molecule has 45 heavy (non-hydrogen) atoms. The fraction of sp³-hybridized carbons (Fsp3) is 0.714. The largest absolute Gasteiger partial charge is 0.472 e. The molecule has 9 nitrogen and oxygen atoms in total. The molecule has 0 bridgehead atoms. The molecule has 0 amide bonds. The SMILES string of the molecule is CC/C=C/C=C/C=C/C=C/CCCCCC(=O)OC(COC(=O)CCCCCCCCCC)COP(=O)(O)OCC[N+](C)(C)C. The summed E-state index contributed by atoms with van der Waals surface area (Å²) in [6.45, 7) is 4.15. The monoisotopic (exact) mass is 656 g/mol. The standard InChI is InChI=1S/C35H62NO8P/c1-6-8-10-12-14-16-17-18-19-20-22-24-26-28-35(38)44-33(32-43-45(39,40)42-30-29-36(3,4)5)31-41-34(37)27-25-23-21-15-13-11-9-7-2/h8,10,12,14,16-19,33H,6-7,9,11,13,15,20-32H2,1-5H3/p+1/b10-8+,14-12+,17-16+,19-18+. The second-order valence-electron chi connectivity index (χ2n) is 12.3. The number of hydrogen-bond donors (Lipinski definition) is 1. The third-order valence-corrected chi connectivity index (χ3v) is 7.70. The summed E-state index contributed by atoms with van der Waals surface area (Å²) in [5.41, 5.74) is 0. The van der Waals surface area contributed by atoms with Crippen molar-refractivity contribution in [2.45, 2.75) is 116 Å². The molecule has 1 N–H and O–H groups in total. The van der Waals surface area contributed by atoms with Gasteiger partial charge in [-0.05, 0) is 32.1 Å². The van der Waals surface area contributed by atoms with Gasteiger partial charge in [0.05, 0.1) is 27.7 Å². The van der Waals surface area contributed by atoms with Gasteiger partial charge in [-0.1, -0.05) is 114 Å². The second kappa shape index (κ2) is 28.2. The van der Waals surface area contributed by atoms with Crippen LogP contribution in [0.15, 0.2) is 48.6 Å². The Morgan fingerprint density at radius 2 is 1.27 bits per heavy atom. The number of esters is 2. The fourth-order valence-electron chi connectivity index (χ4n) is 4.02. The lowest BCUT2D eigenvalue weighted by Crippen LogP contribution is -2.37. The molecule has 0 aliphatic carbocycles. The van der Waals surface area contributed by atoms with Crippen molar-refractivity contribution in [1.29, 1.82) is 0 Å². The van der Waals surface area contributed by atoms with Gasteiger partial charge in [0.15, 0.2) is 6.10 Å². The number of quaternary nitrogens is 1. The fourth-order valence-corrected chi connectivity index (χ4v) is 4.76. The van der Waals surface area contributed by atoms with Crippen molar-refractivity contribution in [1.82, 2.24) is 0 Å². The quantitative estimate of drug-likeness (QED) is 0.0281. The molecule has 260 valence electrons. The third-order valence-electron chi connectivity index (χ3n) is 6.72. The van der Waals surface area contributed by atoms with Gasteiger partial charge in [0.1, 0.15) is 19.8 Å². The highest BCUT2D eigenvalue weighted by Crippen LogP contribution is 2.43. The van der Waals surface area contributed by atoms with Gasteiger partial charge in [-0.2, -0.15) is 0 Å². The van der Waals surface area contributed by atoms with Gasteiger partial charge in [0.2, 0.25) is 0 Å². The lowest BCUT2D eigenvalue weighted by Gasteiger charge is -2.24. The summed E-state index contributed by atoms with van der Waals surface area (Å²) in [6, 6.07) is 0. The molecule has 0 aromatic rings. The van der Waals surface area contributed by atoms with Crippen LogP contribution in [0.2, 0.25) is 0 Å².